The Balaban J connectivity index is 1.48. The normalized spacial score (nSPS) is 13.5. The highest BCUT2D eigenvalue weighted by Gasteiger charge is 2.24. The molecule has 1 saturated heterocycles. The zero-order chi connectivity index (χ0) is 29.0. The molecule has 0 unspecified atom stereocenters. The number of hydrogen-bond donors (Lipinski definition) is 2. The molecule has 0 radical (unpaired) electrons. The third kappa shape index (κ3) is 6.35. The number of benzene rings is 2. The summed E-state index contributed by atoms with van der Waals surface area (Å²) in [4.78, 5) is 50.4. The smallest absolute Gasteiger partial charge is 0.338 e. The largest absolute Gasteiger partial charge is 0.452 e. The van der Waals surface area contributed by atoms with Crippen LogP contribution in [0.4, 0.5) is 17.2 Å². The quantitative estimate of drug-likeness (QED) is 0.367. The number of rotatable bonds is 8. The van der Waals surface area contributed by atoms with Crippen LogP contribution in [0.1, 0.15) is 10.4 Å². The van der Waals surface area contributed by atoms with Crippen LogP contribution in [-0.2, 0) is 38.4 Å². The zero-order valence-corrected chi connectivity index (χ0v) is 23.1. The van der Waals surface area contributed by atoms with Crippen molar-refractivity contribution in [2.45, 2.75) is 4.90 Å². The minimum Gasteiger partial charge on any atom is -0.452 e. The molecule has 15 heteroatoms. The van der Waals surface area contributed by atoms with Crippen LogP contribution in [0.15, 0.2) is 63.0 Å². The molecule has 2 aromatic carbocycles. The second-order valence-electron chi connectivity index (χ2n) is 8.76. The molecule has 2 heterocycles. The number of aromatic nitrogens is 2. The number of carbonyl (C=O) groups excluding carboxylic acids is 2. The number of hydrogen-bond acceptors (Lipinski definition) is 9. The lowest BCUT2D eigenvalue weighted by Gasteiger charge is -2.30. The third-order valence-electron chi connectivity index (χ3n) is 6.08. The van der Waals surface area contributed by atoms with E-state index in [9.17, 15) is 27.6 Å². The van der Waals surface area contributed by atoms with Gasteiger partial charge in [-0.2, -0.15) is 0 Å². The predicted octanol–water partition coefficient (Wildman–Crippen LogP) is 1.17. The van der Waals surface area contributed by atoms with Gasteiger partial charge in [0.2, 0.25) is 0 Å². The first kappa shape index (κ1) is 28.9. The second kappa shape index (κ2) is 11.9. The summed E-state index contributed by atoms with van der Waals surface area (Å²) in [6.45, 7) is 1.43. The topological polar surface area (TPSA) is 158 Å². The molecule has 4 rings (SSSR count). The van der Waals surface area contributed by atoms with Crippen molar-refractivity contribution in [3.63, 3.8) is 0 Å². The first-order chi connectivity index (χ1) is 19.0. The molecule has 1 aliphatic heterocycles. The van der Waals surface area contributed by atoms with E-state index in [2.05, 4.69) is 10.0 Å². The summed E-state index contributed by atoms with van der Waals surface area (Å²) >= 11 is 6.19. The number of esters is 1. The van der Waals surface area contributed by atoms with Gasteiger partial charge < -0.3 is 19.7 Å². The number of sulfonamides is 1. The molecule has 0 spiro atoms. The number of nitrogens with zero attached hydrogens (tertiary/aromatic N) is 3. The molecule has 0 bridgehead atoms. The molecule has 0 saturated carbocycles. The Bertz CT molecular complexity index is 1680. The number of ether oxygens (including phenoxy) is 2. The van der Waals surface area contributed by atoms with Gasteiger partial charge in [-0.3, -0.25) is 23.4 Å². The van der Waals surface area contributed by atoms with Crippen LogP contribution in [0.2, 0.25) is 5.02 Å². The van der Waals surface area contributed by atoms with Crippen molar-refractivity contribution in [1.82, 2.24) is 9.13 Å². The molecular weight excluding hydrogens is 566 g/mol. The minimum atomic E-state index is -4.24. The van der Waals surface area contributed by atoms with E-state index in [-0.39, 0.29) is 21.3 Å². The van der Waals surface area contributed by atoms with Crippen LogP contribution in [0, 0.1) is 0 Å². The van der Waals surface area contributed by atoms with Crippen molar-refractivity contribution in [2.75, 3.05) is 47.8 Å². The van der Waals surface area contributed by atoms with E-state index in [4.69, 9.17) is 21.1 Å². The van der Waals surface area contributed by atoms with Crippen molar-refractivity contribution in [2.24, 2.45) is 14.1 Å². The molecule has 13 nitrogen and oxygen atoms in total. The lowest BCUT2D eigenvalue weighted by Crippen LogP contribution is -2.38. The number of anilines is 3. The van der Waals surface area contributed by atoms with Gasteiger partial charge in [0.25, 0.3) is 21.5 Å². The lowest BCUT2D eigenvalue weighted by atomic mass is 10.2. The Morgan fingerprint density at radius 1 is 1.02 bits per heavy atom. The maximum absolute atomic E-state index is 13.3. The Kier molecular flexibility index (Phi) is 8.61. The van der Waals surface area contributed by atoms with Crippen molar-refractivity contribution < 1.29 is 27.5 Å². The molecule has 0 atom stereocenters. The van der Waals surface area contributed by atoms with Gasteiger partial charge >= 0.3 is 11.7 Å². The van der Waals surface area contributed by atoms with Gasteiger partial charge in [0, 0.05) is 33.3 Å². The maximum atomic E-state index is 13.3. The van der Waals surface area contributed by atoms with Crippen molar-refractivity contribution in [3.8, 4) is 0 Å². The molecule has 3 aromatic rings. The maximum Gasteiger partial charge on any atom is 0.338 e. The Morgan fingerprint density at radius 2 is 1.73 bits per heavy atom. The molecule has 1 amide bonds. The molecule has 1 aliphatic rings. The van der Waals surface area contributed by atoms with E-state index in [0.717, 1.165) is 21.3 Å². The molecule has 1 aromatic heterocycles. The monoisotopic (exact) mass is 591 g/mol. The first-order valence-electron chi connectivity index (χ1n) is 12.0. The number of nitrogens with one attached hydrogen (secondary N) is 2. The fourth-order valence-corrected chi connectivity index (χ4v) is 5.52. The summed E-state index contributed by atoms with van der Waals surface area (Å²) in [6.07, 6.45) is 0. The van der Waals surface area contributed by atoms with Gasteiger partial charge in [-0.25, -0.2) is 18.0 Å². The highest BCUT2D eigenvalue weighted by molar-refractivity contribution is 7.92. The van der Waals surface area contributed by atoms with Crippen LogP contribution in [0.25, 0.3) is 0 Å². The van der Waals surface area contributed by atoms with Gasteiger partial charge in [0.15, 0.2) is 6.61 Å². The Hall–Kier alpha value is -4.14. The van der Waals surface area contributed by atoms with E-state index in [1.807, 2.05) is 4.90 Å². The first-order valence-corrected chi connectivity index (χ1v) is 13.8. The molecule has 40 heavy (non-hydrogen) atoms. The van der Waals surface area contributed by atoms with E-state index in [0.29, 0.717) is 37.7 Å². The SMILES string of the molecule is Cn1c(NC(=O)COC(=O)c2ccc(Cl)c(S(=O)(=O)Nc3ccccc3N3CCOCC3)c2)cc(=O)n(C)c1=O. The van der Waals surface area contributed by atoms with Gasteiger partial charge in [0.1, 0.15) is 10.7 Å². The van der Waals surface area contributed by atoms with Crippen molar-refractivity contribution in [3.05, 3.63) is 80.0 Å². The predicted molar refractivity (Wildman–Crippen MR) is 148 cm³/mol. The van der Waals surface area contributed by atoms with Crippen molar-refractivity contribution in [1.29, 1.82) is 0 Å². The fourth-order valence-electron chi connectivity index (χ4n) is 3.92. The van der Waals surface area contributed by atoms with Crippen LogP contribution in [0.3, 0.4) is 0 Å². The van der Waals surface area contributed by atoms with Gasteiger partial charge in [-0.1, -0.05) is 23.7 Å². The number of morpholine rings is 1. The Morgan fingerprint density at radius 3 is 2.45 bits per heavy atom. The summed E-state index contributed by atoms with van der Waals surface area (Å²) in [5.74, 6) is -1.90. The lowest BCUT2D eigenvalue weighted by molar-refractivity contribution is -0.119. The van der Waals surface area contributed by atoms with E-state index in [1.54, 1.807) is 24.3 Å². The van der Waals surface area contributed by atoms with E-state index >= 15 is 0 Å². The summed E-state index contributed by atoms with van der Waals surface area (Å²) in [5, 5.41) is 2.20. The van der Waals surface area contributed by atoms with Gasteiger partial charge in [-0.05, 0) is 30.3 Å². The van der Waals surface area contributed by atoms with Crippen LogP contribution in [0.5, 0.6) is 0 Å². The molecule has 0 aliphatic carbocycles. The highest BCUT2D eigenvalue weighted by atomic mass is 35.5. The molecule has 1 fully saturated rings. The Labute approximate surface area is 233 Å². The summed E-state index contributed by atoms with van der Waals surface area (Å²) < 4.78 is 41.4. The standard InChI is InChI=1S/C25H26ClN5O8S/c1-29-21(14-23(33)30(2)25(29)35)27-22(32)15-39-24(34)16-7-8-17(26)20(13-16)40(36,37)28-18-5-3-4-6-19(18)31-9-11-38-12-10-31/h3-8,13-14,28H,9-12,15H2,1-2H3,(H,27,32). The zero-order valence-electron chi connectivity index (χ0n) is 21.5. The van der Waals surface area contributed by atoms with Crippen LogP contribution >= 0.6 is 11.6 Å². The minimum absolute atomic E-state index is 0.0857. The number of para-hydroxylation sites is 2. The number of amides is 1. The summed E-state index contributed by atoms with van der Waals surface area (Å²) in [5.41, 5.74) is -0.460. The van der Waals surface area contributed by atoms with Gasteiger partial charge in [-0.15, -0.1) is 0 Å². The summed E-state index contributed by atoms with van der Waals surface area (Å²) in [6, 6.07) is 11.5. The highest BCUT2D eigenvalue weighted by Crippen LogP contribution is 2.31. The van der Waals surface area contributed by atoms with Crippen LogP contribution < -0.4 is 26.2 Å². The molecule has 2 N–H and O–H groups in total. The van der Waals surface area contributed by atoms with Crippen molar-refractivity contribution >= 4 is 50.7 Å². The fraction of sp³-hybridized carbons (Fsp3) is 0.280. The number of halogens is 1. The summed E-state index contributed by atoms with van der Waals surface area (Å²) in [7, 11) is -1.60. The molecular formula is C25H26ClN5O8S. The van der Waals surface area contributed by atoms with Crippen LogP contribution in [-0.4, -0.2) is 62.3 Å². The second-order valence-corrected chi connectivity index (χ2v) is 10.8. The average Bonchev–Trinajstić information content (AvgIpc) is 2.94. The molecule has 212 valence electrons. The average molecular weight is 592 g/mol. The van der Waals surface area contributed by atoms with E-state index < -0.39 is 39.8 Å². The van der Waals surface area contributed by atoms with Gasteiger partial charge in [0.05, 0.1) is 35.2 Å². The number of carbonyl (C=O) groups is 2. The third-order valence-corrected chi connectivity index (χ3v) is 7.93. The van der Waals surface area contributed by atoms with E-state index in [1.165, 1.54) is 26.2 Å².